The maximum absolute atomic E-state index is 12.1. The van der Waals surface area contributed by atoms with E-state index in [4.69, 9.17) is 4.74 Å². The summed E-state index contributed by atoms with van der Waals surface area (Å²) < 4.78 is 41.4. The monoisotopic (exact) mass is 316 g/mol. The Balaban J connectivity index is 2.51. The Morgan fingerprint density at radius 3 is 2.24 bits per heavy atom. The van der Waals surface area contributed by atoms with Crippen LogP contribution in [0.1, 0.15) is 40.0 Å². The van der Waals surface area contributed by atoms with Gasteiger partial charge in [0.25, 0.3) is 0 Å². The average molecular weight is 316 g/mol. The van der Waals surface area contributed by atoms with Gasteiger partial charge < -0.3 is 4.74 Å². The molecule has 0 aliphatic rings. The second kappa shape index (κ2) is 7.78. The minimum atomic E-state index is -3.38. The summed E-state index contributed by atoms with van der Waals surface area (Å²) in [6.07, 6.45) is 2.07. The van der Waals surface area contributed by atoms with Crippen molar-refractivity contribution in [1.82, 2.24) is 0 Å². The van der Waals surface area contributed by atoms with Crippen LogP contribution in [0.25, 0.3) is 0 Å². The van der Waals surface area contributed by atoms with Gasteiger partial charge in [-0.2, -0.15) is 0 Å². The molecule has 0 radical (unpaired) electrons. The molecule has 5 heteroatoms. The fourth-order valence-electron chi connectivity index (χ4n) is 1.90. The standard InChI is InChI=1S/C16H25FO3S/c1-16(2,3)10-4-12-20-14-6-8-15(9-7-14)21(18,19)13-5-11-17/h6-9H,4-5,10-13H2,1-3H3. The van der Waals surface area contributed by atoms with E-state index in [1.54, 1.807) is 12.1 Å². The fourth-order valence-corrected chi connectivity index (χ4v) is 3.17. The van der Waals surface area contributed by atoms with Crippen LogP contribution in [0.5, 0.6) is 5.75 Å². The van der Waals surface area contributed by atoms with Crippen LogP contribution in [0, 0.1) is 5.41 Å². The molecule has 0 heterocycles. The molecule has 0 bridgehead atoms. The Morgan fingerprint density at radius 2 is 1.71 bits per heavy atom. The molecule has 0 unspecified atom stereocenters. The predicted octanol–water partition coefficient (Wildman–Crippen LogP) is 4.03. The molecule has 0 atom stereocenters. The highest BCUT2D eigenvalue weighted by atomic mass is 32.2. The van der Waals surface area contributed by atoms with Crippen LogP contribution in [0.15, 0.2) is 29.2 Å². The lowest BCUT2D eigenvalue weighted by atomic mass is 9.91. The first kappa shape index (κ1) is 18.0. The van der Waals surface area contributed by atoms with Gasteiger partial charge in [-0.15, -0.1) is 0 Å². The Labute approximate surface area is 127 Å². The zero-order valence-electron chi connectivity index (χ0n) is 13.1. The summed E-state index contributed by atoms with van der Waals surface area (Å²) in [5.74, 6) is 0.503. The number of sulfone groups is 1. The zero-order chi connectivity index (χ0) is 15.9. The lowest BCUT2D eigenvalue weighted by molar-refractivity contribution is 0.269. The molecule has 1 rings (SSSR count). The van der Waals surface area contributed by atoms with Crippen molar-refractivity contribution in [3.63, 3.8) is 0 Å². The third-order valence-corrected chi connectivity index (χ3v) is 4.89. The van der Waals surface area contributed by atoms with Crippen LogP contribution in [0.4, 0.5) is 4.39 Å². The second-order valence-electron chi connectivity index (χ2n) is 6.35. The summed E-state index contributed by atoms with van der Waals surface area (Å²) >= 11 is 0. The van der Waals surface area contributed by atoms with Crippen molar-refractivity contribution >= 4 is 9.84 Å². The van der Waals surface area contributed by atoms with E-state index in [-0.39, 0.29) is 22.5 Å². The maximum atomic E-state index is 12.1. The molecular weight excluding hydrogens is 291 g/mol. The first-order valence-electron chi connectivity index (χ1n) is 7.26. The van der Waals surface area contributed by atoms with E-state index in [9.17, 15) is 12.8 Å². The minimum Gasteiger partial charge on any atom is -0.494 e. The van der Waals surface area contributed by atoms with Gasteiger partial charge in [0, 0.05) is 0 Å². The van der Waals surface area contributed by atoms with Crippen LogP contribution in [0.2, 0.25) is 0 Å². The Morgan fingerprint density at radius 1 is 1.10 bits per heavy atom. The normalized spacial score (nSPS) is 12.4. The second-order valence-corrected chi connectivity index (χ2v) is 8.45. The number of alkyl halides is 1. The average Bonchev–Trinajstić information content (AvgIpc) is 2.41. The fraction of sp³-hybridized carbons (Fsp3) is 0.625. The van der Waals surface area contributed by atoms with E-state index in [1.807, 2.05) is 0 Å². The smallest absolute Gasteiger partial charge is 0.178 e. The van der Waals surface area contributed by atoms with Crippen LogP contribution < -0.4 is 4.74 Å². The van der Waals surface area contributed by atoms with Gasteiger partial charge in [-0.05, 0) is 48.9 Å². The van der Waals surface area contributed by atoms with Crippen molar-refractivity contribution < 1.29 is 17.5 Å². The lowest BCUT2D eigenvalue weighted by Gasteiger charge is -2.17. The van der Waals surface area contributed by atoms with E-state index in [2.05, 4.69) is 20.8 Å². The van der Waals surface area contributed by atoms with E-state index in [0.717, 1.165) is 12.8 Å². The Bertz CT molecular complexity index is 515. The highest BCUT2D eigenvalue weighted by Crippen LogP contribution is 2.21. The molecule has 0 aromatic heterocycles. The van der Waals surface area contributed by atoms with Crippen LogP contribution in [0.3, 0.4) is 0 Å². The van der Waals surface area contributed by atoms with E-state index in [0.29, 0.717) is 12.4 Å². The molecule has 0 saturated heterocycles. The topological polar surface area (TPSA) is 43.4 Å². The Hall–Kier alpha value is -1.10. The van der Waals surface area contributed by atoms with Crippen molar-refractivity contribution in [3.8, 4) is 5.75 Å². The van der Waals surface area contributed by atoms with E-state index in [1.165, 1.54) is 12.1 Å². The highest BCUT2D eigenvalue weighted by molar-refractivity contribution is 7.91. The van der Waals surface area contributed by atoms with Crippen molar-refractivity contribution in [2.24, 2.45) is 5.41 Å². The van der Waals surface area contributed by atoms with Gasteiger partial charge in [-0.1, -0.05) is 20.8 Å². The van der Waals surface area contributed by atoms with Crippen LogP contribution >= 0.6 is 0 Å². The quantitative estimate of drug-likeness (QED) is 0.680. The third-order valence-electron chi connectivity index (χ3n) is 3.07. The summed E-state index contributed by atoms with van der Waals surface area (Å²) in [4.78, 5) is 0.220. The summed E-state index contributed by atoms with van der Waals surface area (Å²) in [6, 6.07) is 6.35. The molecule has 0 spiro atoms. The molecule has 21 heavy (non-hydrogen) atoms. The van der Waals surface area contributed by atoms with Crippen LogP contribution in [-0.2, 0) is 9.84 Å². The lowest BCUT2D eigenvalue weighted by Crippen LogP contribution is -2.08. The SMILES string of the molecule is CC(C)(C)CCCOc1ccc(S(=O)(=O)CCCF)cc1. The number of benzene rings is 1. The predicted molar refractivity (Wildman–Crippen MR) is 83.3 cm³/mol. The molecule has 0 fully saturated rings. The molecule has 0 saturated carbocycles. The molecule has 3 nitrogen and oxygen atoms in total. The largest absolute Gasteiger partial charge is 0.494 e. The number of hydrogen-bond donors (Lipinski definition) is 0. The van der Waals surface area contributed by atoms with Crippen molar-refractivity contribution in [2.45, 2.75) is 44.9 Å². The molecule has 1 aromatic rings. The van der Waals surface area contributed by atoms with Crippen molar-refractivity contribution in [3.05, 3.63) is 24.3 Å². The molecule has 0 N–H and O–H groups in total. The molecular formula is C16H25FO3S. The zero-order valence-corrected chi connectivity index (χ0v) is 13.9. The minimum absolute atomic E-state index is 0.0351. The first-order valence-corrected chi connectivity index (χ1v) is 8.91. The summed E-state index contributed by atoms with van der Waals surface area (Å²) in [5.41, 5.74) is 0.289. The Kier molecular flexibility index (Phi) is 6.65. The molecule has 0 aliphatic carbocycles. The first-order chi connectivity index (χ1) is 9.74. The molecule has 0 aliphatic heterocycles. The number of ether oxygens (including phenoxy) is 1. The van der Waals surface area contributed by atoms with Gasteiger partial charge in [0.1, 0.15) is 5.75 Å². The molecule has 120 valence electrons. The van der Waals surface area contributed by atoms with Gasteiger partial charge in [-0.25, -0.2) is 8.42 Å². The number of hydrogen-bond acceptors (Lipinski definition) is 3. The molecule has 0 amide bonds. The van der Waals surface area contributed by atoms with Crippen molar-refractivity contribution in [1.29, 1.82) is 0 Å². The van der Waals surface area contributed by atoms with Gasteiger partial charge in [0.05, 0.1) is 23.9 Å². The van der Waals surface area contributed by atoms with Gasteiger partial charge in [0.2, 0.25) is 0 Å². The summed E-state index contributed by atoms with van der Waals surface area (Å²) in [7, 11) is -3.38. The number of halogens is 1. The van der Waals surface area contributed by atoms with Gasteiger partial charge in [-0.3, -0.25) is 4.39 Å². The maximum Gasteiger partial charge on any atom is 0.178 e. The third kappa shape index (κ3) is 6.93. The van der Waals surface area contributed by atoms with E-state index >= 15 is 0 Å². The van der Waals surface area contributed by atoms with Gasteiger partial charge in [0.15, 0.2) is 9.84 Å². The van der Waals surface area contributed by atoms with Crippen LogP contribution in [-0.4, -0.2) is 27.5 Å². The van der Waals surface area contributed by atoms with Gasteiger partial charge >= 0.3 is 0 Å². The van der Waals surface area contributed by atoms with E-state index < -0.39 is 16.5 Å². The van der Waals surface area contributed by atoms with Crippen molar-refractivity contribution in [2.75, 3.05) is 19.0 Å². The highest BCUT2D eigenvalue weighted by Gasteiger charge is 2.14. The summed E-state index contributed by atoms with van der Waals surface area (Å²) in [5, 5.41) is 0. The summed E-state index contributed by atoms with van der Waals surface area (Å²) in [6.45, 7) is 6.55. The molecule has 1 aromatic carbocycles. The number of rotatable bonds is 8.